The van der Waals surface area contributed by atoms with Gasteiger partial charge in [0, 0.05) is 6.42 Å². The molecule has 86 valence electrons. The van der Waals surface area contributed by atoms with Gasteiger partial charge in [0.25, 0.3) is 0 Å². The summed E-state index contributed by atoms with van der Waals surface area (Å²) < 4.78 is 5.51. The van der Waals surface area contributed by atoms with E-state index in [-0.39, 0.29) is 11.6 Å². The first-order valence-corrected chi connectivity index (χ1v) is 6.37. The van der Waals surface area contributed by atoms with Crippen LogP contribution in [0.1, 0.15) is 58.8 Å². The molecule has 0 aromatic heterocycles. The van der Waals surface area contributed by atoms with Crippen LogP contribution in [0.3, 0.4) is 0 Å². The molecule has 2 nitrogen and oxygen atoms in total. The third-order valence-electron chi connectivity index (χ3n) is 4.51. The van der Waals surface area contributed by atoms with Crippen LogP contribution in [-0.2, 0) is 9.53 Å². The zero-order valence-corrected chi connectivity index (χ0v) is 9.92. The SMILES string of the molecule is CCC(C)[C@H]1CC[C@@]2(CCC(=O)O2)CC1. The molecule has 1 heterocycles. The van der Waals surface area contributed by atoms with Crippen molar-refractivity contribution in [2.24, 2.45) is 11.8 Å². The summed E-state index contributed by atoms with van der Waals surface area (Å²) in [6, 6.07) is 0. The van der Waals surface area contributed by atoms with Crippen LogP contribution in [0.4, 0.5) is 0 Å². The molecule has 1 saturated carbocycles. The fourth-order valence-electron chi connectivity index (χ4n) is 3.09. The Morgan fingerprint density at radius 1 is 1.40 bits per heavy atom. The van der Waals surface area contributed by atoms with Crippen molar-refractivity contribution in [1.29, 1.82) is 0 Å². The van der Waals surface area contributed by atoms with Gasteiger partial charge in [0.2, 0.25) is 0 Å². The second kappa shape index (κ2) is 4.15. The third kappa shape index (κ3) is 2.19. The van der Waals surface area contributed by atoms with Crippen molar-refractivity contribution in [3.63, 3.8) is 0 Å². The first kappa shape index (κ1) is 11.0. The number of carbonyl (C=O) groups excluding carboxylic acids is 1. The average Bonchev–Trinajstić information content (AvgIpc) is 2.60. The molecular weight excluding hydrogens is 188 g/mol. The topological polar surface area (TPSA) is 26.3 Å². The Balaban J connectivity index is 1.89. The van der Waals surface area contributed by atoms with Gasteiger partial charge in [-0.2, -0.15) is 0 Å². The lowest BCUT2D eigenvalue weighted by atomic mass is 9.72. The number of ether oxygens (including phenoxy) is 1. The van der Waals surface area contributed by atoms with Crippen LogP contribution in [-0.4, -0.2) is 11.6 Å². The Labute approximate surface area is 92.4 Å². The third-order valence-corrected chi connectivity index (χ3v) is 4.51. The first-order valence-electron chi connectivity index (χ1n) is 6.37. The fourth-order valence-corrected chi connectivity index (χ4v) is 3.09. The van der Waals surface area contributed by atoms with Gasteiger partial charge in [-0.15, -0.1) is 0 Å². The second-order valence-electron chi connectivity index (χ2n) is 5.38. The van der Waals surface area contributed by atoms with E-state index in [0.29, 0.717) is 6.42 Å². The van der Waals surface area contributed by atoms with Crippen molar-refractivity contribution in [3.8, 4) is 0 Å². The summed E-state index contributed by atoms with van der Waals surface area (Å²) in [5.74, 6) is 1.72. The van der Waals surface area contributed by atoms with Crippen molar-refractivity contribution in [2.75, 3.05) is 0 Å². The quantitative estimate of drug-likeness (QED) is 0.654. The van der Waals surface area contributed by atoms with Crippen molar-refractivity contribution in [2.45, 2.75) is 64.4 Å². The highest BCUT2D eigenvalue weighted by Gasteiger charge is 2.43. The van der Waals surface area contributed by atoms with E-state index in [1.165, 1.54) is 19.3 Å². The van der Waals surface area contributed by atoms with Gasteiger partial charge in [-0.25, -0.2) is 0 Å². The molecule has 0 radical (unpaired) electrons. The predicted octanol–water partition coefficient (Wildman–Crippen LogP) is 3.30. The summed E-state index contributed by atoms with van der Waals surface area (Å²) in [6.07, 6.45) is 7.61. The molecule has 0 aromatic rings. The molecule has 1 unspecified atom stereocenters. The van der Waals surface area contributed by atoms with Crippen LogP contribution in [0.15, 0.2) is 0 Å². The van der Waals surface area contributed by atoms with Crippen LogP contribution >= 0.6 is 0 Å². The Hall–Kier alpha value is -0.530. The smallest absolute Gasteiger partial charge is 0.306 e. The van der Waals surface area contributed by atoms with Gasteiger partial charge >= 0.3 is 5.97 Å². The minimum Gasteiger partial charge on any atom is -0.459 e. The summed E-state index contributed by atoms with van der Waals surface area (Å²) in [6.45, 7) is 4.62. The zero-order chi connectivity index (χ0) is 10.9. The lowest BCUT2D eigenvalue weighted by Crippen LogP contribution is -2.35. The van der Waals surface area contributed by atoms with Gasteiger partial charge in [-0.1, -0.05) is 20.3 Å². The van der Waals surface area contributed by atoms with Crippen LogP contribution in [0.2, 0.25) is 0 Å². The van der Waals surface area contributed by atoms with Crippen molar-refractivity contribution in [1.82, 2.24) is 0 Å². The van der Waals surface area contributed by atoms with E-state index in [9.17, 15) is 4.79 Å². The fraction of sp³-hybridized carbons (Fsp3) is 0.923. The molecule has 2 aliphatic rings. The summed E-state index contributed by atoms with van der Waals surface area (Å²) in [5.41, 5.74) is -0.0406. The van der Waals surface area contributed by atoms with E-state index >= 15 is 0 Å². The molecule has 0 aromatic carbocycles. The Bertz CT molecular complexity index is 239. The molecule has 1 aliphatic carbocycles. The standard InChI is InChI=1S/C13H22O2/c1-3-10(2)11-4-7-13(8-5-11)9-6-12(14)15-13/h10-11H,3-9H2,1-2H3/t10?,11-,13-. The van der Waals surface area contributed by atoms with Crippen molar-refractivity contribution < 1.29 is 9.53 Å². The Kier molecular flexibility index (Phi) is 3.03. The maximum atomic E-state index is 11.2. The van der Waals surface area contributed by atoms with E-state index in [0.717, 1.165) is 31.1 Å². The molecule has 2 rings (SSSR count). The molecule has 0 bridgehead atoms. The number of hydrogen-bond acceptors (Lipinski definition) is 2. The van der Waals surface area contributed by atoms with Gasteiger partial charge in [-0.3, -0.25) is 4.79 Å². The number of rotatable bonds is 2. The Morgan fingerprint density at radius 3 is 2.53 bits per heavy atom. The molecule has 1 saturated heterocycles. The van der Waals surface area contributed by atoms with E-state index in [4.69, 9.17) is 4.74 Å². The normalized spacial score (nSPS) is 38.0. The maximum Gasteiger partial charge on any atom is 0.306 e. The molecule has 1 atom stereocenters. The van der Waals surface area contributed by atoms with Gasteiger partial charge in [0.15, 0.2) is 0 Å². The molecule has 1 spiro atoms. The summed E-state index contributed by atoms with van der Waals surface area (Å²) in [4.78, 5) is 11.2. The molecular formula is C13H22O2. The molecule has 1 aliphatic heterocycles. The van der Waals surface area contributed by atoms with Gasteiger partial charge in [0.05, 0.1) is 0 Å². The average molecular weight is 210 g/mol. The lowest BCUT2D eigenvalue weighted by molar-refractivity contribution is -0.151. The molecule has 15 heavy (non-hydrogen) atoms. The van der Waals surface area contributed by atoms with Crippen LogP contribution in [0.25, 0.3) is 0 Å². The number of esters is 1. The highest BCUT2D eigenvalue weighted by Crippen LogP contribution is 2.44. The number of carbonyl (C=O) groups is 1. The van der Waals surface area contributed by atoms with E-state index < -0.39 is 0 Å². The molecule has 0 N–H and O–H groups in total. The first-order chi connectivity index (χ1) is 7.15. The summed E-state index contributed by atoms with van der Waals surface area (Å²) in [5, 5.41) is 0. The van der Waals surface area contributed by atoms with Crippen LogP contribution < -0.4 is 0 Å². The highest BCUT2D eigenvalue weighted by atomic mass is 16.6. The monoisotopic (exact) mass is 210 g/mol. The summed E-state index contributed by atoms with van der Waals surface area (Å²) in [7, 11) is 0. The van der Waals surface area contributed by atoms with E-state index in [1.807, 2.05) is 0 Å². The van der Waals surface area contributed by atoms with Crippen LogP contribution in [0, 0.1) is 11.8 Å². The van der Waals surface area contributed by atoms with Crippen LogP contribution in [0.5, 0.6) is 0 Å². The largest absolute Gasteiger partial charge is 0.459 e. The summed E-state index contributed by atoms with van der Waals surface area (Å²) >= 11 is 0. The van der Waals surface area contributed by atoms with Crippen molar-refractivity contribution >= 4 is 5.97 Å². The second-order valence-corrected chi connectivity index (χ2v) is 5.38. The highest BCUT2D eigenvalue weighted by molar-refractivity contribution is 5.72. The van der Waals surface area contributed by atoms with E-state index in [1.54, 1.807) is 0 Å². The van der Waals surface area contributed by atoms with Gasteiger partial charge in [0.1, 0.15) is 5.60 Å². The number of hydrogen-bond donors (Lipinski definition) is 0. The minimum atomic E-state index is -0.0406. The lowest BCUT2D eigenvalue weighted by Gasteiger charge is -2.37. The molecule has 2 fully saturated rings. The van der Waals surface area contributed by atoms with Gasteiger partial charge < -0.3 is 4.74 Å². The molecule has 2 heteroatoms. The zero-order valence-electron chi connectivity index (χ0n) is 9.92. The van der Waals surface area contributed by atoms with Crippen molar-refractivity contribution in [3.05, 3.63) is 0 Å². The minimum absolute atomic E-state index is 0.0250. The predicted molar refractivity (Wildman–Crippen MR) is 59.5 cm³/mol. The van der Waals surface area contributed by atoms with E-state index in [2.05, 4.69) is 13.8 Å². The molecule has 0 amide bonds. The maximum absolute atomic E-state index is 11.2. The van der Waals surface area contributed by atoms with Gasteiger partial charge in [-0.05, 0) is 43.9 Å². The Morgan fingerprint density at radius 2 is 2.07 bits per heavy atom.